The normalized spacial score (nSPS) is 10.8. The second-order valence-electron chi connectivity index (χ2n) is 3.36. The molecule has 0 aromatic carbocycles. The largest absolute Gasteiger partial charge is 0.330 e. The van der Waals surface area contributed by atoms with Crippen molar-refractivity contribution in [2.75, 3.05) is 6.54 Å². The molecule has 0 amide bonds. The maximum absolute atomic E-state index is 5.46. The first-order valence-electron chi connectivity index (χ1n) is 4.87. The van der Waals surface area contributed by atoms with E-state index in [0.29, 0.717) is 6.54 Å². The maximum Gasteiger partial charge on any atom is 0.148 e. The molecule has 0 aliphatic rings. The van der Waals surface area contributed by atoms with E-state index in [0.717, 1.165) is 22.9 Å². The molecular formula is C10H13N3S2. The van der Waals surface area contributed by atoms with Crippen molar-refractivity contribution in [3.05, 3.63) is 21.3 Å². The molecule has 0 aliphatic heterocycles. The number of aryl methyl sites for hydroxylation is 2. The zero-order valence-electron chi connectivity index (χ0n) is 8.56. The van der Waals surface area contributed by atoms with Crippen LogP contribution in [0.2, 0.25) is 0 Å². The molecule has 0 fully saturated rings. The summed E-state index contributed by atoms with van der Waals surface area (Å²) < 4.78 is 0. The summed E-state index contributed by atoms with van der Waals surface area (Å²) in [7, 11) is 0. The first-order chi connectivity index (χ1) is 7.31. The van der Waals surface area contributed by atoms with Gasteiger partial charge >= 0.3 is 0 Å². The second-order valence-corrected chi connectivity index (χ2v) is 5.17. The topological polar surface area (TPSA) is 51.8 Å². The van der Waals surface area contributed by atoms with Crippen molar-refractivity contribution in [3.63, 3.8) is 0 Å². The predicted octanol–water partition coefficient (Wildman–Crippen LogP) is 2.47. The predicted molar refractivity (Wildman–Crippen MR) is 65.3 cm³/mol. The highest BCUT2D eigenvalue weighted by Crippen LogP contribution is 2.29. The molecule has 0 saturated heterocycles. The first-order valence-corrected chi connectivity index (χ1v) is 6.63. The van der Waals surface area contributed by atoms with Gasteiger partial charge < -0.3 is 5.73 Å². The van der Waals surface area contributed by atoms with Crippen LogP contribution in [0.25, 0.3) is 10.6 Å². The van der Waals surface area contributed by atoms with Crippen LogP contribution >= 0.6 is 22.7 Å². The van der Waals surface area contributed by atoms with E-state index in [9.17, 15) is 0 Å². The molecule has 2 aromatic heterocycles. The van der Waals surface area contributed by atoms with Gasteiger partial charge in [0.25, 0.3) is 0 Å². The van der Waals surface area contributed by atoms with Gasteiger partial charge in [-0.05, 0) is 30.8 Å². The highest BCUT2D eigenvalue weighted by Gasteiger charge is 2.09. The van der Waals surface area contributed by atoms with Crippen LogP contribution in [-0.4, -0.2) is 16.7 Å². The van der Waals surface area contributed by atoms with Gasteiger partial charge in [-0.15, -0.1) is 10.2 Å². The summed E-state index contributed by atoms with van der Waals surface area (Å²) >= 11 is 3.38. The fraction of sp³-hybridized carbons (Fsp3) is 0.400. The Morgan fingerprint density at radius 2 is 2.20 bits per heavy atom. The number of aromatic nitrogens is 2. The summed E-state index contributed by atoms with van der Waals surface area (Å²) in [5.41, 5.74) is 7.96. The Hall–Kier alpha value is -0.780. The number of hydrogen-bond acceptors (Lipinski definition) is 5. The Bertz CT molecular complexity index is 433. The standard InChI is InChI=1S/C10H13N3S2/c1-7-5-14-6-8(7)10-13-12-9(15-10)3-2-4-11/h5-6H,2-4,11H2,1H3. The molecule has 5 heteroatoms. The first kappa shape index (κ1) is 10.7. The van der Waals surface area contributed by atoms with Crippen molar-refractivity contribution in [3.8, 4) is 10.6 Å². The Labute approximate surface area is 97.0 Å². The monoisotopic (exact) mass is 239 g/mol. The molecule has 0 atom stereocenters. The Morgan fingerprint density at radius 1 is 1.33 bits per heavy atom. The van der Waals surface area contributed by atoms with Crippen molar-refractivity contribution < 1.29 is 0 Å². The summed E-state index contributed by atoms with van der Waals surface area (Å²) in [4.78, 5) is 0. The number of thiophene rings is 1. The van der Waals surface area contributed by atoms with E-state index in [4.69, 9.17) is 5.73 Å². The van der Waals surface area contributed by atoms with Crippen molar-refractivity contribution in [2.24, 2.45) is 5.73 Å². The lowest BCUT2D eigenvalue weighted by Gasteiger charge is -1.91. The Morgan fingerprint density at radius 3 is 2.87 bits per heavy atom. The minimum atomic E-state index is 0.715. The number of nitrogens with two attached hydrogens (primary N) is 1. The van der Waals surface area contributed by atoms with Crippen molar-refractivity contribution in [2.45, 2.75) is 19.8 Å². The highest BCUT2D eigenvalue weighted by atomic mass is 32.1. The lowest BCUT2D eigenvalue weighted by Crippen LogP contribution is -1.99. The van der Waals surface area contributed by atoms with Crippen LogP contribution < -0.4 is 5.73 Å². The van der Waals surface area contributed by atoms with Crippen LogP contribution in [-0.2, 0) is 6.42 Å². The third-order valence-corrected chi connectivity index (χ3v) is 4.03. The van der Waals surface area contributed by atoms with E-state index in [1.807, 2.05) is 0 Å². The zero-order valence-corrected chi connectivity index (χ0v) is 10.2. The molecule has 0 spiro atoms. The molecule has 3 nitrogen and oxygen atoms in total. The van der Waals surface area contributed by atoms with Crippen LogP contribution in [0.15, 0.2) is 10.8 Å². The molecule has 2 aromatic rings. The van der Waals surface area contributed by atoms with E-state index in [1.54, 1.807) is 22.7 Å². The fourth-order valence-corrected chi connectivity index (χ4v) is 3.17. The van der Waals surface area contributed by atoms with Crippen LogP contribution in [0.1, 0.15) is 17.0 Å². The van der Waals surface area contributed by atoms with Crippen molar-refractivity contribution in [1.29, 1.82) is 0 Å². The SMILES string of the molecule is Cc1cscc1-c1nnc(CCCN)s1. The van der Waals surface area contributed by atoms with Crippen molar-refractivity contribution in [1.82, 2.24) is 10.2 Å². The minimum Gasteiger partial charge on any atom is -0.330 e. The summed E-state index contributed by atoms with van der Waals surface area (Å²) in [6.07, 6.45) is 1.93. The summed E-state index contributed by atoms with van der Waals surface area (Å²) in [5.74, 6) is 0. The number of nitrogens with zero attached hydrogens (tertiary/aromatic N) is 2. The van der Waals surface area contributed by atoms with Gasteiger partial charge in [0.2, 0.25) is 0 Å². The zero-order chi connectivity index (χ0) is 10.7. The number of rotatable bonds is 4. The van der Waals surface area contributed by atoms with Crippen LogP contribution in [0.4, 0.5) is 0 Å². The fourth-order valence-electron chi connectivity index (χ4n) is 1.30. The summed E-state index contributed by atoms with van der Waals surface area (Å²) in [5, 5.41) is 14.8. The number of hydrogen-bond donors (Lipinski definition) is 1. The smallest absolute Gasteiger partial charge is 0.148 e. The van der Waals surface area contributed by atoms with Gasteiger partial charge in [-0.1, -0.05) is 11.3 Å². The van der Waals surface area contributed by atoms with Crippen LogP contribution in [0.3, 0.4) is 0 Å². The summed E-state index contributed by atoms with van der Waals surface area (Å²) in [6, 6.07) is 0. The van der Waals surface area contributed by atoms with Gasteiger partial charge in [0, 0.05) is 17.4 Å². The lowest BCUT2D eigenvalue weighted by atomic mass is 10.2. The molecule has 2 heterocycles. The van der Waals surface area contributed by atoms with Gasteiger partial charge in [0.05, 0.1) is 0 Å². The van der Waals surface area contributed by atoms with Crippen LogP contribution in [0.5, 0.6) is 0 Å². The van der Waals surface area contributed by atoms with E-state index < -0.39 is 0 Å². The average Bonchev–Trinajstić information content (AvgIpc) is 2.83. The van der Waals surface area contributed by atoms with E-state index in [-0.39, 0.29) is 0 Å². The van der Waals surface area contributed by atoms with Crippen molar-refractivity contribution >= 4 is 22.7 Å². The average molecular weight is 239 g/mol. The lowest BCUT2D eigenvalue weighted by molar-refractivity contribution is 0.812. The maximum atomic E-state index is 5.46. The molecule has 2 N–H and O–H groups in total. The molecule has 0 saturated carbocycles. The highest BCUT2D eigenvalue weighted by molar-refractivity contribution is 7.15. The van der Waals surface area contributed by atoms with Gasteiger partial charge in [0.1, 0.15) is 10.0 Å². The summed E-state index contributed by atoms with van der Waals surface area (Å²) in [6.45, 7) is 2.82. The molecular weight excluding hydrogens is 226 g/mol. The third-order valence-electron chi connectivity index (χ3n) is 2.15. The second kappa shape index (κ2) is 4.83. The molecule has 2 rings (SSSR count). The molecule has 0 bridgehead atoms. The van der Waals surface area contributed by atoms with Gasteiger partial charge in [-0.25, -0.2) is 0 Å². The minimum absolute atomic E-state index is 0.715. The third kappa shape index (κ3) is 2.42. The van der Waals surface area contributed by atoms with E-state index in [1.165, 1.54) is 11.1 Å². The van der Waals surface area contributed by atoms with E-state index in [2.05, 4.69) is 27.9 Å². The van der Waals surface area contributed by atoms with Crippen LogP contribution in [0, 0.1) is 6.92 Å². The Balaban J connectivity index is 2.17. The Kier molecular flexibility index (Phi) is 3.45. The van der Waals surface area contributed by atoms with Gasteiger partial charge in [-0.2, -0.15) is 11.3 Å². The molecule has 0 radical (unpaired) electrons. The van der Waals surface area contributed by atoms with Gasteiger partial charge in [-0.3, -0.25) is 0 Å². The molecule has 0 unspecified atom stereocenters. The molecule has 80 valence electrons. The molecule has 0 aliphatic carbocycles. The molecule has 15 heavy (non-hydrogen) atoms. The van der Waals surface area contributed by atoms with Gasteiger partial charge in [0.15, 0.2) is 0 Å². The quantitative estimate of drug-likeness (QED) is 0.891. The van der Waals surface area contributed by atoms with E-state index >= 15 is 0 Å².